The topological polar surface area (TPSA) is 24.5 Å². The molecule has 1 fully saturated rings. The Kier molecular flexibility index (Phi) is 7.82. The Bertz CT molecular complexity index is 187. The molecule has 1 heterocycles. The highest BCUT2D eigenvalue weighted by atomic mass is 16.5. The van der Waals surface area contributed by atoms with Gasteiger partial charge in [-0.1, -0.05) is 6.92 Å². The first-order valence-corrected chi connectivity index (χ1v) is 7.32. The van der Waals surface area contributed by atoms with Crippen molar-refractivity contribution >= 4 is 0 Å². The number of nitrogens with zero attached hydrogens (tertiary/aromatic N) is 1. The zero-order chi connectivity index (χ0) is 12.5. The highest BCUT2D eigenvalue weighted by Gasteiger charge is 2.16. The smallest absolute Gasteiger partial charge is 0.0478 e. The molecule has 17 heavy (non-hydrogen) atoms. The summed E-state index contributed by atoms with van der Waals surface area (Å²) in [5, 5.41) is 3.71. The van der Waals surface area contributed by atoms with E-state index in [2.05, 4.69) is 31.0 Å². The second-order valence-corrected chi connectivity index (χ2v) is 5.14. The lowest BCUT2D eigenvalue weighted by Crippen LogP contribution is -2.44. The lowest BCUT2D eigenvalue weighted by atomic mass is 10.1. The molecule has 0 spiro atoms. The molecule has 0 amide bonds. The van der Waals surface area contributed by atoms with Crippen LogP contribution in [-0.2, 0) is 4.74 Å². The van der Waals surface area contributed by atoms with Crippen LogP contribution in [0.4, 0.5) is 0 Å². The Morgan fingerprint density at radius 1 is 1.24 bits per heavy atom. The van der Waals surface area contributed by atoms with Crippen molar-refractivity contribution in [2.24, 2.45) is 0 Å². The van der Waals surface area contributed by atoms with E-state index in [0.29, 0.717) is 12.1 Å². The Hall–Kier alpha value is -0.120. The predicted octanol–water partition coefficient (Wildman–Crippen LogP) is 2.27. The molecule has 3 nitrogen and oxygen atoms in total. The van der Waals surface area contributed by atoms with Gasteiger partial charge in [0, 0.05) is 31.8 Å². The predicted molar refractivity (Wildman–Crippen MR) is 73.5 cm³/mol. The lowest BCUT2D eigenvalue weighted by molar-refractivity contribution is 0.127. The van der Waals surface area contributed by atoms with E-state index in [1.807, 2.05) is 0 Å². The van der Waals surface area contributed by atoms with Crippen LogP contribution >= 0.6 is 0 Å². The second kappa shape index (κ2) is 8.90. The molecule has 1 aliphatic heterocycles. The summed E-state index contributed by atoms with van der Waals surface area (Å²) in [6, 6.07) is 1.37. The van der Waals surface area contributed by atoms with Crippen LogP contribution in [0.5, 0.6) is 0 Å². The Morgan fingerprint density at radius 3 is 2.71 bits per heavy atom. The second-order valence-electron chi connectivity index (χ2n) is 5.14. The van der Waals surface area contributed by atoms with Crippen molar-refractivity contribution in [1.82, 2.24) is 10.2 Å². The Morgan fingerprint density at radius 2 is 2.00 bits per heavy atom. The van der Waals surface area contributed by atoms with Gasteiger partial charge in [-0.25, -0.2) is 0 Å². The van der Waals surface area contributed by atoms with Gasteiger partial charge < -0.3 is 15.0 Å². The van der Waals surface area contributed by atoms with E-state index in [1.54, 1.807) is 0 Å². The molecule has 0 aromatic carbocycles. The number of hydrogen-bond acceptors (Lipinski definition) is 3. The highest BCUT2D eigenvalue weighted by molar-refractivity contribution is 4.76. The Balaban J connectivity index is 2.24. The molecule has 2 unspecified atom stereocenters. The molecule has 0 saturated carbocycles. The van der Waals surface area contributed by atoms with Crippen molar-refractivity contribution in [2.45, 2.75) is 58.5 Å². The third-order valence-corrected chi connectivity index (χ3v) is 3.65. The minimum absolute atomic E-state index is 0.662. The summed E-state index contributed by atoms with van der Waals surface area (Å²) in [6.45, 7) is 12.1. The summed E-state index contributed by atoms with van der Waals surface area (Å²) < 4.78 is 5.40. The van der Waals surface area contributed by atoms with Gasteiger partial charge in [0.1, 0.15) is 0 Å². The molecule has 0 bridgehead atoms. The van der Waals surface area contributed by atoms with Crippen LogP contribution in [0.2, 0.25) is 0 Å². The van der Waals surface area contributed by atoms with Gasteiger partial charge in [-0.15, -0.1) is 0 Å². The minimum atomic E-state index is 0.662. The molecule has 1 rings (SSSR count). The average molecular weight is 242 g/mol. The molecule has 3 heteroatoms. The standard InChI is InChI=1S/C14H30N2O/c1-4-14-8-11-16(9-6-12-17-5-2)10-7-13(3)15-14/h13-15H,4-12H2,1-3H3. The van der Waals surface area contributed by atoms with E-state index in [4.69, 9.17) is 4.74 Å². The molecule has 2 atom stereocenters. The summed E-state index contributed by atoms with van der Waals surface area (Å²) in [5.41, 5.74) is 0. The van der Waals surface area contributed by atoms with Crippen molar-refractivity contribution in [3.63, 3.8) is 0 Å². The summed E-state index contributed by atoms with van der Waals surface area (Å²) >= 11 is 0. The summed E-state index contributed by atoms with van der Waals surface area (Å²) in [4.78, 5) is 2.61. The maximum atomic E-state index is 5.40. The first kappa shape index (κ1) is 14.9. The molecule has 1 N–H and O–H groups in total. The fraction of sp³-hybridized carbons (Fsp3) is 1.00. The quantitative estimate of drug-likeness (QED) is 0.723. The minimum Gasteiger partial charge on any atom is -0.382 e. The van der Waals surface area contributed by atoms with Gasteiger partial charge >= 0.3 is 0 Å². The third kappa shape index (κ3) is 6.39. The summed E-state index contributed by atoms with van der Waals surface area (Å²) in [7, 11) is 0. The normalized spacial score (nSPS) is 27.7. The molecular weight excluding hydrogens is 212 g/mol. The third-order valence-electron chi connectivity index (χ3n) is 3.65. The van der Waals surface area contributed by atoms with Crippen LogP contribution in [-0.4, -0.2) is 49.8 Å². The maximum absolute atomic E-state index is 5.40. The van der Waals surface area contributed by atoms with Gasteiger partial charge in [-0.05, 0) is 52.6 Å². The molecule has 1 aliphatic rings. The van der Waals surface area contributed by atoms with Gasteiger partial charge in [-0.2, -0.15) is 0 Å². The molecule has 0 aliphatic carbocycles. The number of hydrogen-bond donors (Lipinski definition) is 1. The van der Waals surface area contributed by atoms with E-state index >= 15 is 0 Å². The summed E-state index contributed by atoms with van der Waals surface area (Å²) in [6.07, 6.45) is 4.98. The van der Waals surface area contributed by atoms with Gasteiger partial charge in [0.15, 0.2) is 0 Å². The molecule has 1 saturated heterocycles. The molecular formula is C14H30N2O. The van der Waals surface area contributed by atoms with E-state index in [-0.39, 0.29) is 0 Å². The van der Waals surface area contributed by atoms with Crippen molar-refractivity contribution in [3.05, 3.63) is 0 Å². The molecule has 0 aromatic heterocycles. The fourth-order valence-corrected chi connectivity index (χ4v) is 2.48. The first-order chi connectivity index (χ1) is 8.26. The van der Waals surface area contributed by atoms with Crippen molar-refractivity contribution < 1.29 is 4.74 Å². The fourth-order valence-electron chi connectivity index (χ4n) is 2.48. The van der Waals surface area contributed by atoms with Gasteiger partial charge in [0.05, 0.1) is 0 Å². The number of ether oxygens (including phenoxy) is 1. The largest absolute Gasteiger partial charge is 0.382 e. The molecule has 0 radical (unpaired) electrons. The molecule has 0 aromatic rings. The van der Waals surface area contributed by atoms with E-state index < -0.39 is 0 Å². The van der Waals surface area contributed by atoms with Crippen LogP contribution < -0.4 is 5.32 Å². The van der Waals surface area contributed by atoms with E-state index in [9.17, 15) is 0 Å². The summed E-state index contributed by atoms with van der Waals surface area (Å²) in [5.74, 6) is 0. The lowest BCUT2D eigenvalue weighted by Gasteiger charge is -2.31. The Labute approximate surface area is 107 Å². The van der Waals surface area contributed by atoms with Crippen molar-refractivity contribution in [1.29, 1.82) is 0 Å². The van der Waals surface area contributed by atoms with Gasteiger partial charge in [0.2, 0.25) is 0 Å². The van der Waals surface area contributed by atoms with Crippen molar-refractivity contribution in [3.8, 4) is 0 Å². The van der Waals surface area contributed by atoms with Crippen LogP contribution in [0.3, 0.4) is 0 Å². The van der Waals surface area contributed by atoms with E-state index in [0.717, 1.165) is 13.2 Å². The van der Waals surface area contributed by atoms with Gasteiger partial charge in [0.25, 0.3) is 0 Å². The van der Waals surface area contributed by atoms with Crippen molar-refractivity contribution in [2.75, 3.05) is 32.8 Å². The zero-order valence-electron chi connectivity index (χ0n) is 11.9. The van der Waals surface area contributed by atoms with Crippen LogP contribution in [0.1, 0.15) is 46.5 Å². The SMILES string of the molecule is CCOCCCN1CCC(C)NC(CC)CC1. The van der Waals surface area contributed by atoms with Gasteiger partial charge in [-0.3, -0.25) is 0 Å². The van der Waals surface area contributed by atoms with Crippen LogP contribution in [0.25, 0.3) is 0 Å². The van der Waals surface area contributed by atoms with E-state index in [1.165, 1.54) is 45.3 Å². The highest BCUT2D eigenvalue weighted by Crippen LogP contribution is 2.09. The number of nitrogens with one attached hydrogen (secondary N) is 1. The maximum Gasteiger partial charge on any atom is 0.0478 e. The number of rotatable bonds is 6. The average Bonchev–Trinajstić information content (AvgIpc) is 2.32. The molecule has 102 valence electrons. The monoisotopic (exact) mass is 242 g/mol. The van der Waals surface area contributed by atoms with Crippen LogP contribution in [0.15, 0.2) is 0 Å². The van der Waals surface area contributed by atoms with Crippen LogP contribution in [0, 0.1) is 0 Å². The first-order valence-electron chi connectivity index (χ1n) is 7.32. The zero-order valence-corrected chi connectivity index (χ0v) is 11.9.